The molecule has 0 bridgehead atoms. The van der Waals surface area contributed by atoms with Crippen LogP contribution in [0.3, 0.4) is 0 Å². The van der Waals surface area contributed by atoms with Gasteiger partial charge in [0.2, 0.25) is 5.78 Å². The summed E-state index contributed by atoms with van der Waals surface area (Å²) in [6.07, 6.45) is 2.43. The van der Waals surface area contributed by atoms with Crippen LogP contribution in [0.1, 0.15) is 30.4 Å². The van der Waals surface area contributed by atoms with Crippen LogP contribution >= 0.6 is 11.8 Å². The van der Waals surface area contributed by atoms with Crippen LogP contribution in [0.4, 0.5) is 0 Å². The highest BCUT2D eigenvalue weighted by molar-refractivity contribution is 7.99. The second-order valence-corrected chi connectivity index (χ2v) is 6.27. The molecule has 1 atom stereocenters. The van der Waals surface area contributed by atoms with Gasteiger partial charge in [0.25, 0.3) is 0 Å². The number of nitrogens with zero attached hydrogens (tertiary/aromatic N) is 3. The van der Waals surface area contributed by atoms with Gasteiger partial charge in [-0.2, -0.15) is 11.8 Å². The molecule has 0 radical (unpaired) electrons. The maximum Gasteiger partial charge on any atom is 0.306 e. The topological polar surface area (TPSA) is 56.5 Å². The first-order chi connectivity index (χ1) is 9.49. The Morgan fingerprint density at radius 1 is 1.45 bits per heavy atom. The average Bonchev–Trinajstić information content (AvgIpc) is 2.79. The third-order valence-electron chi connectivity index (χ3n) is 3.01. The van der Waals surface area contributed by atoms with Gasteiger partial charge in [0.1, 0.15) is 0 Å². The number of fused-ring (bicyclic) bond motifs is 1. The van der Waals surface area contributed by atoms with Crippen molar-refractivity contribution in [1.29, 1.82) is 0 Å². The van der Waals surface area contributed by atoms with Crippen molar-refractivity contribution in [1.82, 2.24) is 14.4 Å². The number of carbonyl (C=O) groups excluding carboxylic acids is 1. The highest BCUT2D eigenvalue weighted by atomic mass is 32.2. The van der Waals surface area contributed by atoms with Crippen molar-refractivity contribution in [3.05, 3.63) is 29.3 Å². The fourth-order valence-electron chi connectivity index (χ4n) is 1.99. The standard InChI is InChI=1S/C14H19N3O2S/c1-9-5-10(2)17-7-12(16-14(17)15-9)8-20-11(3)6-13(18)19-4/h5,7,11H,6,8H2,1-4H3. The Hall–Kier alpha value is -1.56. The minimum atomic E-state index is -0.173. The van der Waals surface area contributed by atoms with Crippen LogP contribution in [-0.2, 0) is 15.3 Å². The molecule has 0 saturated heterocycles. The van der Waals surface area contributed by atoms with E-state index < -0.39 is 0 Å². The summed E-state index contributed by atoms with van der Waals surface area (Å²) in [7, 11) is 1.42. The summed E-state index contributed by atoms with van der Waals surface area (Å²) < 4.78 is 6.66. The maximum atomic E-state index is 11.2. The summed E-state index contributed by atoms with van der Waals surface area (Å²) in [5.41, 5.74) is 3.07. The molecule has 0 aromatic carbocycles. The maximum absolute atomic E-state index is 11.2. The van der Waals surface area contributed by atoms with Gasteiger partial charge in [-0.15, -0.1) is 0 Å². The van der Waals surface area contributed by atoms with Crippen molar-refractivity contribution in [2.75, 3.05) is 7.11 Å². The smallest absolute Gasteiger partial charge is 0.306 e. The summed E-state index contributed by atoms with van der Waals surface area (Å²) in [6.45, 7) is 6.03. The van der Waals surface area contributed by atoms with Crippen LogP contribution in [0, 0.1) is 13.8 Å². The van der Waals surface area contributed by atoms with Crippen LogP contribution < -0.4 is 0 Å². The Balaban J connectivity index is 2.03. The van der Waals surface area contributed by atoms with Gasteiger partial charge < -0.3 is 4.74 Å². The number of esters is 1. The van der Waals surface area contributed by atoms with Crippen LogP contribution in [0.5, 0.6) is 0 Å². The molecule has 0 saturated carbocycles. The number of imidazole rings is 1. The molecule has 0 fully saturated rings. The van der Waals surface area contributed by atoms with Gasteiger partial charge in [-0.3, -0.25) is 9.20 Å². The summed E-state index contributed by atoms with van der Waals surface area (Å²) in [5.74, 6) is 1.33. The van der Waals surface area contributed by atoms with Crippen molar-refractivity contribution in [3.8, 4) is 0 Å². The van der Waals surface area contributed by atoms with E-state index >= 15 is 0 Å². The largest absolute Gasteiger partial charge is 0.469 e. The quantitative estimate of drug-likeness (QED) is 0.793. The van der Waals surface area contributed by atoms with Gasteiger partial charge in [0.05, 0.1) is 19.2 Å². The molecule has 0 spiro atoms. The second-order valence-electron chi connectivity index (χ2n) is 4.84. The SMILES string of the molecule is COC(=O)CC(C)SCc1cn2c(C)cc(C)nc2n1. The van der Waals surface area contributed by atoms with Crippen LogP contribution in [-0.4, -0.2) is 32.7 Å². The molecule has 20 heavy (non-hydrogen) atoms. The number of carbonyl (C=O) groups is 1. The van der Waals surface area contributed by atoms with Crippen molar-refractivity contribution in [2.45, 2.75) is 38.2 Å². The minimum absolute atomic E-state index is 0.173. The Bertz CT molecular complexity index is 624. The van der Waals surface area contributed by atoms with Crippen molar-refractivity contribution >= 4 is 23.5 Å². The second kappa shape index (κ2) is 6.26. The number of ether oxygens (including phenoxy) is 1. The van der Waals surface area contributed by atoms with Gasteiger partial charge in [-0.05, 0) is 19.9 Å². The number of thioether (sulfide) groups is 1. The van der Waals surface area contributed by atoms with E-state index in [1.807, 2.05) is 37.4 Å². The number of aromatic nitrogens is 3. The lowest BCUT2D eigenvalue weighted by Gasteiger charge is -2.07. The Labute approximate surface area is 122 Å². The lowest BCUT2D eigenvalue weighted by Crippen LogP contribution is -2.08. The van der Waals surface area contributed by atoms with Gasteiger partial charge in [-0.25, -0.2) is 9.97 Å². The first kappa shape index (κ1) is 14.8. The van der Waals surface area contributed by atoms with Gasteiger partial charge >= 0.3 is 5.97 Å². The summed E-state index contributed by atoms with van der Waals surface area (Å²) in [4.78, 5) is 20.1. The normalized spacial score (nSPS) is 12.6. The highest BCUT2D eigenvalue weighted by Crippen LogP contribution is 2.20. The molecule has 0 aliphatic rings. The number of hydrogen-bond acceptors (Lipinski definition) is 5. The molecule has 2 aromatic heterocycles. The molecular formula is C14H19N3O2S. The molecule has 108 valence electrons. The number of hydrogen-bond donors (Lipinski definition) is 0. The Morgan fingerprint density at radius 2 is 2.20 bits per heavy atom. The van der Waals surface area contributed by atoms with Crippen LogP contribution in [0.2, 0.25) is 0 Å². The zero-order valence-corrected chi connectivity index (χ0v) is 13.0. The van der Waals surface area contributed by atoms with Crippen LogP contribution in [0.25, 0.3) is 5.78 Å². The summed E-state index contributed by atoms with van der Waals surface area (Å²) >= 11 is 1.69. The molecule has 0 aliphatic carbocycles. The third-order valence-corrected chi connectivity index (χ3v) is 4.21. The van der Waals surface area contributed by atoms with Crippen molar-refractivity contribution < 1.29 is 9.53 Å². The molecule has 1 unspecified atom stereocenters. The lowest BCUT2D eigenvalue weighted by atomic mass is 10.3. The number of methoxy groups -OCH3 is 1. The van der Waals surface area contributed by atoms with E-state index in [-0.39, 0.29) is 11.2 Å². The predicted molar refractivity (Wildman–Crippen MR) is 79.9 cm³/mol. The summed E-state index contributed by atoms with van der Waals surface area (Å²) in [5, 5.41) is 0.211. The first-order valence-corrected chi connectivity index (χ1v) is 7.55. The number of aryl methyl sites for hydroxylation is 2. The molecular weight excluding hydrogens is 274 g/mol. The van der Waals surface area contributed by atoms with Gasteiger partial charge in [-0.1, -0.05) is 6.92 Å². The van der Waals surface area contributed by atoms with E-state index in [0.29, 0.717) is 6.42 Å². The van der Waals surface area contributed by atoms with Gasteiger partial charge in [0.15, 0.2) is 0 Å². The zero-order chi connectivity index (χ0) is 14.7. The molecule has 2 rings (SSSR count). The summed E-state index contributed by atoms with van der Waals surface area (Å²) in [6, 6.07) is 2.03. The monoisotopic (exact) mass is 293 g/mol. The average molecular weight is 293 g/mol. The van der Waals surface area contributed by atoms with E-state index in [0.717, 1.165) is 28.6 Å². The predicted octanol–water partition coefficient (Wildman–Crippen LogP) is 2.53. The molecule has 2 aromatic rings. The lowest BCUT2D eigenvalue weighted by molar-refractivity contribution is -0.140. The van der Waals surface area contributed by atoms with Crippen molar-refractivity contribution in [3.63, 3.8) is 0 Å². The van der Waals surface area contributed by atoms with Crippen molar-refractivity contribution in [2.24, 2.45) is 0 Å². The molecule has 0 amide bonds. The fraction of sp³-hybridized carbons (Fsp3) is 0.500. The van der Waals surface area contributed by atoms with E-state index in [4.69, 9.17) is 0 Å². The first-order valence-electron chi connectivity index (χ1n) is 6.50. The van der Waals surface area contributed by atoms with E-state index in [1.54, 1.807) is 11.8 Å². The van der Waals surface area contributed by atoms with E-state index in [1.165, 1.54) is 7.11 Å². The number of rotatable bonds is 5. The van der Waals surface area contributed by atoms with Gasteiger partial charge in [0, 0.05) is 28.6 Å². The highest BCUT2D eigenvalue weighted by Gasteiger charge is 2.11. The molecule has 6 heteroatoms. The van der Waals surface area contributed by atoms with E-state index in [2.05, 4.69) is 14.7 Å². The zero-order valence-electron chi connectivity index (χ0n) is 12.2. The molecule has 2 heterocycles. The Morgan fingerprint density at radius 3 is 2.90 bits per heavy atom. The third kappa shape index (κ3) is 3.50. The fourth-order valence-corrected chi connectivity index (χ4v) is 2.84. The minimum Gasteiger partial charge on any atom is -0.469 e. The van der Waals surface area contributed by atoms with Crippen LogP contribution in [0.15, 0.2) is 12.3 Å². The Kier molecular flexibility index (Phi) is 4.65. The van der Waals surface area contributed by atoms with E-state index in [9.17, 15) is 4.79 Å². The molecule has 0 aliphatic heterocycles. The molecule has 5 nitrogen and oxygen atoms in total. The molecule has 0 N–H and O–H groups in total.